The number of nitriles is 1. The molecule has 0 saturated heterocycles. The summed E-state index contributed by atoms with van der Waals surface area (Å²) in [7, 11) is 0. The molecule has 0 amide bonds. The summed E-state index contributed by atoms with van der Waals surface area (Å²) >= 11 is 0. The van der Waals surface area contributed by atoms with Crippen LogP contribution in [0.15, 0.2) is 18.2 Å². The van der Waals surface area contributed by atoms with E-state index in [9.17, 15) is 0 Å². The highest BCUT2D eigenvalue weighted by Crippen LogP contribution is 2.27. The lowest BCUT2D eigenvalue weighted by Crippen LogP contribution is -2.25. The van der Waals surface area contributed by atoms with Crippen molar-refractivity contribution in [1.29, 1.82) is 5.26 Å². The Kier molecular flexibility index (Phi) is 3.68. The summed E-state index contributed by atoms with van der Waals surface area (Å²) in [5, 5.41) is 12.6. The maximum Gasteiger partial charge on any atom is 0.101 e. The van der Waals surface area contributed by atoms with E-state index in [1.165, 1.54) is 31.2 Å². The van der Waals surface area contributed by atoms with Crippen LogP contribution in [0.25, 0.3) is 0 Å². The van der Waals surface area contributed by atoms with E-state index in [0.29, 0.717) is 6.04 Å². The third kappa shape index (κ3) is 3.00. The number of anilines is 1. The second kappa shape index (κ2) is 5.23. The monoisotopic (exact) mass is 228 g/mol. The van der Waals surface area contributed by atoms with Gasteiger partial charge in [0.2, 0.25) is 0 Å². The molecule has 0 bridgehead atoms. The Morgan fingerprint density at radius 2 is 1.94 bits per heavy atom. The minimum atomic E-state index is 0.542. The average Bonchev–Trinajstić information content (AvgIpc) is 2.32. The zero-order chi connectivity index (χ0) is 12.3. The summed E-state index contributed by atoms with van der Waals surface area (Å²) < 4.78 is 0. The summed E-state index contributed by atoms with van der Waals surface area (Å²) in [5.74, 6) is 0.862. The Balaban J connectivity index is 2.08. The van der Waals surface area contributed by atoms with Crippen molar-refractivity contribution in [2.24, 2.45) is 5.92 Å². The second-order valence-electron chi connectivity index (χ2n) is 5.26. The van der Waals surface area contributed by atoms with Crippen LogP contribution < -0.4 is 5.32 Å². The van der Waals surface area contributed by atoms with Crippen molar-refractivity contribution in [3.05, 3.63) is 29.3 Å². The fourth-order valence-corrected chi connectivity index (χ4v) is 2.50. The molecule has 90 valence electrons. The van der Waals surface area contributed by atoms with E-state index >= 15 is 0 Å². The quantitative estimate of drug-likeness (QED) is 0.834. The number of aryl methyl sites for hydroxylation is 1. The average molecular weight is 228 g/mol. The minimum absolute atomic E-state index is 0.542. The Labute approximate surface area is 104 Å². The standard InChI is InChI=1S/C15H20N2/c1-11-4-7-14(8-5-11)17-15-9-12(2)3-6-13(15)10-16/h3,6,9,11,14,17H,4-5,7-8H2,1-2H3. The number of nitrogens with one attached hydrogen (secondary N) is 1. The molecule has 1 saturated carbocycles. The zero-order valence-electron chi connectivity index (χ0n) is 10.7. The van der Waals surface area contributed by atoms with Gasteiger partial charge in [-0.1, -0.05) is 13.0 Å². The van der Waals surface area contributed by atoms with E-state index in [2.05, 4.69) is 31.3 Å². The van der Waals surface area contributed by atoms with Crippen LogP contribution in [0.3, 0.4) is 0 Å². The van der Waals surface area contributed by atoms with Crippen LogP contribution in [0.2, 0.25) is 0 Å². The Morgan fingerprint density at radius 3 is 2.59 bits per heavy atom. The van der Waals surface area contributed by atoms with Gasteiger partial charge in [0.1, 0.15) is 6.07 Å². The van der Waals surface area contributed by atoms with Gasteiger partial charge in [-0.25, -0.2) is 0 Å². The third-order valence-electron chi connectivity index (χ3n) is 3.67. The van der Waals surface area contributed by atoms with E-state index in [1.807, 2.05) is 12.1 Å². The van der Waals surface area contributed by atoms with Crippen molar-refractivity contribution in [1.82, 2.24) is 0 Å². The summed E-state index contributed by atoms with van der Waals surface area (Å²) in [4.78, 5) is 0. The lowest BCUT2D eigenvalue weighted by molar-refractivity contribution is 0.361. The Bertz CT molecular complexity index is 423. The van der Waals surface area contributed by atoms with E-state index in [1.54, 1.807) is 0 Å². The number of hydrogen-bond donors (Lipinski definition) is 1. The molecule has 2 heteroatoms. The van der Waals surface area contributed by atoms with Gasteiger partial charge in [0.15, 0.2) is 0 Å². The summed E-state index contributed by atoms with van der Waals surface area (Å²) in [6.45, 7) is 4.39. The van der Waals surface area contributed by atoms with Gasteiger partial charge in [-0.3, -0.25) is 0 Å². The molecule has 0 unspecified atom stereocenters. The number of hydrogen-bond acceptors (Lipinski definition) is 2. The van der Waals surface area contributed by atoms with Crippen molar-refractivity contribution >= 4 is 5.69 Å². The van der Waals surface area contributed by atoms with Gasteiger partial charge in [-0.15, -0.1) is 0 Å². The van der Waals surface area contributed by atoms with E-state index in [4.69, 9.17) is 5.26 Å². The largest absolute Gasteiger partial charge is 0.381 e. The first-order valence-electron chi connectivity index (χ1n) is 6.46. The molecule has 1 N–H and O–H groups in total. The first kappa shape index (κ1) is 12.0. The minimum Gasteiger partial charge on any atom is -0.381 e. The fourth-order valence-electron chi connectivity index (χ4n) is 2.50. The van der Waals surface area contributed by atoms with Crippen LogP contribution in [0.5, 0.6) is 0 Å². The van der Waals surface area contributed by atoms with Crippen LogP contribution in [0.4, 0.5) is 5.69 Å². The predicted molar refractivity (Wildman–Crippen MR) is 70.9 cm³/mol. The number of nitrogens with zero attached hydrogens (tertiary/aromatic N) is 1. The van der Waals surface area contributed by atoms with Gasteiger partial charge in [0, 0.05) is 6.04 Å². The molecule has 0 heterocycles. The lowest BCUT2D eigenvalue weighted by atomic mass is 9.87. The highest BCUT2D eigenvalue weighted by atomic mass is 14.9. The second-order valence-corrected chi connectivity index (χ2v) is 5.26. The summed E-state index contributed by atoms with van der Waals surface area (Å²) in [6.07, 6.45) is 5.04. The summed E-state index contributed by atoms with van der Waals surface area (Å²) in [6, 6.07) is 8.78. The van der Waals surface area contributed by atoms with E-state index in [0.717, 1.165) is 17.2 Å². The summed E-state index contributed by atoms with van der Waals surface area (Å²) in [5.41, 5.74) is 2.97. The zero-order valence-corrected chi connectivity index (χ0v) is 10.7. The normalized spacial score (nSPS) is 24.1. The van der Waals surface area contributed by atoms with Gasteiger partial charge < -0.3 is 5.32 Å². The van der Waals surface area contributed by atoms with Gasteiger partial charge >= 0.3 is 0 Å². The van der Waals surface area contributed by atoms with E-state index in [-0.39, 0.29) is 0 Å². The molecule has 0 aromatic heterocycles. The van der Waals surface area contributed by atoms with Crippen LogP contribution in [-0.4, -0.2) is 6.04 Å². The smallest absolute Gasteiger partial charge is 0.101 e. The Morgan fingerprint density at radius 1 is 1.24 bits per heavy atom. The highest BCUT2D eigenvalue weighted by Gasteiger charge is 2.18. The van der Waals surface area contributed by atoms with Crippen molar-refractivity contribution in [2.45, 2.75) is 45.6 Å². The molecule has 1 aromatic carbocycles. The molecule has 2 rings (SSSR count). The molecule has 1 fully saturated rings. The molecular formula is C15H20N2. The van der Waals surface area contributed by atoms with Crippen molar-refractivity contribution in [3.63, 3.8) is 0 Å². The SMILES string of the molecule is Cc1ccc(C#N)c(NC2CCC(C)CC2)c1. The van der Waals surface area contributed by atoms with Gasteiger partial charge in [-0.05, 0) is 56.2 Å². The van der Waals surface area contributed by atoms with Gasteiger partial charge in [-0.2, -0.15) is 5.26 Å². The topological polar surface area (TPSA) is 35.8 Å². The van der Waals surface area contributed by atoms with Gasteiger partial charge in [0.05, 0.1) is 11.3 Å². The molecule has 0 aliphatic heterocycles. The van der Waals surface area contributed by atoms with Crippen LogP contribution in [-0.2, 0) is 0 Å². The first-order chi connectivity index (χ1) is 8.19. The molecular weight excluding hydrogens is 208 g/mol. The number of rotatable bonds is 2. The van der Waals surface area contributed by atoms with Crippen molar-refractivity contribution < 1.29 is 0 Å². The Hall–Kier alpha value is -1.49. The third-order valence-corrected chi connectivity index (χ3v) is 3.67. The molecule has 1 aliphatic carbocycles. The van der Waals surface area contributed by atoms with E-state index < -0.39 is 0 Å². The molecule has 0 spiro atoms. The molecule has 1 aliphatic rings. The molecule has 1 aromatic rings. The molecule has 0 atom stereocenters. The van der Waals surface area contributed by atoms with Gasteiger partial charge in [0.25, 0.3) is 0 Å². The lowest BCUT2D eigenvalue weighted by Gasteiger charge is -2.28. The van der Waals surface area contributed by atoms with Crippen molar-refractivity contribution in [3.8, 4) is 6.07 Å². The number of benzene rings is 1. The predicted octanol–water partition coefficient (Wildman–Crippen LogP) is 3.86. The highest BCUT2D eigenvalue weighted by molar-refractivity contribution is 5.59. The van der Waals surface area contributed by atoms with Crippen LogP contribution in [0, 0.1) is 24.2 Å². The van der Waals surface area contributed by atoms with Crippen LogP contribution in [0.1, 0.15) is 43.7 Å². The van der Waals surface area contributed by atoms with Crippen LogP contribution >= 0.6 is 0 Å². The van der Waals surface area contributed by atoms with Crippen molar-refractivity contribution in [2.75, 3.05) is 5.32 Å². The molecule has 2 nitrogen and oxygen atoms in total. The molecule has 17 heavy (non-hydrogen) atoms. The maximum absolute atomic E-state index is 9.09. The first-order valence-corrected chi connectivity index (χ1v) is 6.46. The molecule has 0 radical (unpaired) electrons. The fraction of sp³-hybridized carbons (Fsp3) is 0.533. The maximum atomic E-state index is 9.09.